The lowest BCUT2D eigenvalue weighted by Crippen LogP contribution is -2.44. The highest BCUT2D eigenvalue weighted by atomic mass is 32.2. The Morgan fingerprint density at radius 3 is 2.68 bits per heavy atom. The van der Waals surface area contributed by atoms with Crippen molar-refractivity contribution in [3.8, 4) is 0 Å². The number of carbonyl (C=O) groups excluding carboxylic acids is 1. The van der Waals surface area contributed by atoms with Crippen molar-refractivity contribution < 1.29 is 13.2 Å². The fourth-order valence-electron chi connectivity index (χ4n) is 2.53. The zero-order chi connectivity index (χ0) is 14.2. The number of hydrogen-bond acceptors (Lipinski definition) is 3. The Labute approximate surface area is 113 Å². The average molecular weight is 285 g/mol. The summed E-state index contributed by atoms with van der Waals surface area (Å²) in [5.74, 6) is 0.442. The van der Waals surface area contributed by atoms with Gasteiger partial charge >= 0.3 is 0 Å². The molecule has 0 radical (unpaired) electrons. The lowest BCUT2D eigenvalue weighted by molar-refractivity contribution is 0.0583. The number of H-pyrrole nitrogens is 1. The monoisotopic (exact) mass is 285 g/mol. The average Bonchev–Trinajstić information content (AvgIpc) is 2.76. The third-order valence-electron chi connectivity index (χ3n) is 3.61. The summed E-state index contributed by atoms with van der Waals surface area (Å²) in [6.45, 7) is 4.88. The van der Waals surface area contributed by atoms with E-state index in [0.717, 1.165) is 12.8 Å². The number of likely N-dealkylation sites (tertiary alicyclic amines) is 1. The predicted molar refractivity (Wildman–Crippen MR) is 71.1 cm³/mol. The number of hydrogen-bond donors (Lipinski definition) is 2. The summed E-state index contributed by atoms with van der Waals surface area (Å²) in [6, 6.07) is 1.46. The number of rotatable bonds is 2. The molecule has 1 amide bonds. The first kappa shape index (κ1) is 14.1. The van der Waals surface area contributed by atoms with Crippen molar-refractivity contribution in [3.05, 3.63) is 18.0 Å². The van der Waals surface area contributed by atoms with Crippen molar-refractivity contribution in [2.75, 3.05) is 6.54 Å². The van der Waals surface area contributed by atoms with Crippen LogP contribution < -0.4 is 5.14 Å². The third kappa shape index (κ3) is 2.98. The van der Waals surface area contributed by atoms with Gasteiger partial charge in [0.05, 0.1) is 4.90 Å². The molecule has 0 saturated carbocycles. The van der Waals surface area contributed by atoms with E-state index in [1.807, 2.05) is 6.92 Å². The molecule has 1 aliphatic rings. The molecule has 1 saturated heterocycles. The van der Waals surface area contributed by atoms with Crippen molar-refractivity contribution in [1.82, 2.24) is 9.88 Å². The molecule has 1 fully saturated rings. The summed E-state index contributed by atoms with van der Waals surface area (Å²) in [5, 5.41) is 5.02. The molecule has 2 heterocycles. The number of aromatic amines is 1. The summed E-state index contributed by atoms with van der Waals surface area (Å²) < 4.78 is 22.4. The first-order valence-electron chi connectivity index (χ1n) is 6.31. The van der Waals surface area contributed by atoms with Gasteiger partial charge < -0.3 is 9.88 Å². The highest BCUT2D eigenvalue weighted by Crippen LogP contribution is 2.24. The second-order valence-corrected chi connectivity index (χ2v) is 6.83. The van der Waals surface area contributed by atoms with Gasteiger partial charge in [0, 0.05) is 18.8 Å². The maximum Gasteiger partial charge on any atom is 0.270 e. The highest BCUT2D eigenvalue weighted by Gasteiger charge is 2.28. The van der Waals surface area contributed by atoms with Crippen LogP contribution in [-0.2, 0) is 10.0 Å². The molecular weight excluding hydrogens is 266 g/mol. The van der Waals surface area contributed by atoms with Crippen molar-refractivity contribution in [3.63, 3.8) is 0 Å². The van der Waals surface area contributed by atoms with Crippen molar-refractivity contribution >= 4 is 15.9 Å². The summed E-state index contributed by atoms with van der Waals surface area (Å²) in [5.41, 5.74) is 0.269. The minimum Gasteiger partial charge on any atom is -0.356 e. The number of primary sulfonamides is 1. The Hall–Kier alpha value is -1.34. The SMILES string of the molecule is CC1CCN(C(=O)c2cc(S(N)(=O)=O)c[nH]2)C(C)C1. The second-order valence-electron chi connectivity index (χ2n) is 5.27. The van der Waals surface area contributed by atoms with Gasteiger partial charge in [0.2, 0.25) is 10.0 Å². The second kappa shape index (κ2) is 4.97. The van der Waals surface area contributed by atoms with E-state index in [1.54, 1.807) is 4.90 Å². The first-order valence-corrected chi connectivity index (χ1v) is 7.86. The fourth-order valence-corrected chi connectivity index (χ4v) is 3.03. The molecule has 0 spiro atoms. The number of piperidine rings is 1. The van der Waals surface area contributed by atoms with E-state index < -0.39 is 10.0 Å². The number of amides is 1. The van der Waals surface area contributed by atoms with Gasteiger partial charge in [0.25, 0.3) is 5.91 Å². The summed E-state index contributed by atoms with van der Waals surface area (Å²) in [4.78, 5) is 16.7. The minimum absolute atomic E-state index is 0.0612. The fraction of sp³-hybridized carbons (Fsp3) is 0.583. The lowest BCUT2D eigenvalue weighted by atomic mass is 9.93. The Bertz CT molecular complexity index is 579. The summed E-state index contributed by atoms with van der Waals surface area (Å²) >= 11 is 0. The van der Waals surface area contributed by atoms with E-state index in [9.17, 15) is 13.2 Å². The van der Waals surface area contributed by atoms with E-state index in [2.05, 4.69) is 11.9 Å². The van der Waals surface area contributed by atoms with Crippen LogP contribution in [0.3, 0.4) is 0 Å². The van der Waals surface area contributed by atoms with Crippen LogP contribution in [0.1, 0.15) is 37.2 Å². The van der Waals surface area contributed by atoms with Crippen molar-refractivity contribution in [1.29, 1.82) is 0 Å². The van der Waals surface area contributed by atoms with E-state index in [0.29, 0.717) is 12.5 Å². The molecule has 0 aliphatic carbocycles. The quantitative estimate of drug-likeness (QED) is 0.845. The van der Waals surface area contributed by atoms with Gasteiger partial charge in [-0.15, -0.1) is 0 Å². The summed E-state index contributed by atoms with van der Waals surface area (Å²) in [6.07, 6.45) is 3.19. The molecule has 7 heteroatoms. The van der Waals surface area contributed by atoms with Crippen LogP contribution in [0, 0.1) is 5.92 Å². The highest BCUT2D eigenvalue weighted by molar-refractivity contribution is 7.89. The number of sulfonamides is 1. The zero-order valence-corrected chi connectivity index (χ0v) is 11.9. The molecule has 2 atom stereocenters. The maximum absolute atomic E-state index is 12.3. The van der Waals surface area contributed by atoms with E-state index in [-0.39, 0.29) is 22.5 Å². The van der Waals surface area contributed by atoms with Gasteiger partial charge in [-0.05, 0) is 31.7 Å². The van der Waals surface area contributed by atoms with Gasteiger partial charge in [0.15, 0.2) is 0 Å². The van der Waals surface area contributed by atoms with Crippen LogP contribution >= 0.6 is 0 Å². The van der Waals surface area contributed by atoms with Gasteiger partial charge in [-0.3, -0.25) is 4.79 Å². The minimum atomic E-state index is -3.77. The smallest absolute Gasteiger partial charge is 0.270 e. The molecule has 0 bridgehead atoms. The molecule has 1 aliphatic heterocycles. The molecule has 1 aromatic rings. The van der Waals surface area contributed by atoms with Gasteiger partial charge in [-0.2, -0.15) is 0 Å². The molecule has 106 valence electrons. The van der Waals surface area contributed by atoms with Crippen molar-refractivity contribution in [2.45, 2.75) is 37.6 Å². The largest absolute Gasteiger partial charge is 0.356 e. The molecule has 6 nitrogen and oxygen atoms in total. The normalized spacial score (nSPS) is 24.5. The van der Waals surface area contributed by atoms with Crippen LogP contribution in [-0.4, -0.2) is 36.8 Å². The molecular formula is C12H19N3O3S. The molecule has 1 aromatic heterocycles. The molecule has 19 heavy (non-hydrogen) atoms. The number of nitrogens with zero attached hydrogens (tertiary/aromatic N) is 1. The zero-order valence-electron chi connectivity index (χ0n) is 11.1. The number of nitrogens with one attached hydrogen (secondary N) is 1. The van der Waals surface area contributed by atoms with E-state index in [1.165, 1.54) is 12.3 Å². The van der Waals surface area contributed by atoms with Gasteiger partial charge in [-0.25, -0.2) is 13.6 Å². The number of carbonyl (C=O) groups is 1. The topological polar surface area (TPSA) is 96.3 Å². The van der Waals surface area contributed by atoms with Crippen LogP contribution in [0.4, 0.5) is 0 Å². The van der Waals surface area contributed by atoms with Crippen molar-refractivity contribution in [2.24, 2.45) is 11.1 Å². The van der Waals surface area contributed by atoms with E-state index in [4.69, 9.17) is 5.14 Å². The van der Waals surface area contributed by atoms with Crippen LogP contribution in [0.25, 0.3) is 0 Å². The van der Waals surface area contributed by atoms with E-state index >= 15 is 0 Å². The lowest BCUT2D eigenvalue weighted by Gasteiger charge is -2.36. The first-order chi connectivity index (χ1) is 8.79. The van der Waals surface area contributed by atoms with Crippen LogP contribution in [0.15, 0.2) is 17.2 Å². The van der Waals surface area contributed by atoms with Gasteiger partial charge in [0.1, 0.15) is 5.69 Å². The molecule has 2 unspecified atom stereocenters. The summed E-state index contributed by atoms with van der Waals surface area (Å²) in [7, 11) is -3.77. The van der Waals surface area contributed by atoms with Crippen LogP contribution in [0.2, 0.25) is 0 Å². The number of nitrogens with two attached hydrogens (primary N) is 1. The standard InChI is InChI=1S/C12H19N3O3S/c1-8-3-4-15(9(2)5-8)12(16)11-6-10(7-14-11)19(13,17)18/h6-9,14H,3-5H2,1-2H3,(H2,13,17,18). The number of aromatic nitrogens is 1. The molecule has 2 rings (SSSR count). The molecule has 0 aromatic carbocycles. The Morgan fingerprint density at radius 2 is 2.16 bits per heavy atom. The Balaban J connectivity index is 2.18. The predicted octanol–water partition coefficient (Wildman–Crippen LogP) is 0.923. The van der Waals surface area contributed by atoms with Gasteiger partial charge in [-0.1, -0.05) is 6.92 Å². The van der Waals surface area contributed by atoms with Crippen LogP contribution in [0.5, 0.6) is 0 Å². The Kier molecular flexibility index (Phi) is 3.69. The molecule has 3 N–H and O–H groups in total. The Morgan fingerprint density at radius 1 is 1.47 bits per heavy atom. The third-order valence-corrected chi connectivity index (χ3v) is 4.51. The maximum atomic E-state index is 12.3.